The van der Waals surface area contributed by atoms with Gasteiger partial charge in [-0.05, 0) is 36.6 Å². The predicted octanol–water partition coefficient (Wildman–Crippen LogP) is 3.79. The Morgan fingerprint density at radius 3 is 2.55 bits per heavy atom. The number of ether oxygens (including phenoxy) is 2. The molecule has 1 fully saturated rings. The number of hydrogen-bond acceptors (Lipinski definition) is 5. The number of carbonyl (C=O) groups excluding carboxylic acids is 2. The third-order valence-corrected chi connectivity index (χ3v) is 6.96. The fraction of sp³-hybridized carbons (Fsp3) is 0.414. The standard InChI is InChI=1S/C29H35FN4O4/c1-3-4-15-38-29(24-7-5-6-8-25(24)30)18-34(19-29)28(36)26(16-21-9-12-23(37-2)13-10-21)33-17-22(32-20-33)11-14-27(31)35/h5-10,12-13,17,20,26H,3-4,11,14-16,18-19H2,1-2H3,(H2,31,35)/t26-/m1/s1. The molecular formula is C29H35FN4O4. The molecule has 1 saturated heterocycles. The summed E-state index contributed by atoms with van der Waals surface area (Å²) in [4.78, 5) is 31.2. The average molecular weight is 523 g/mol. The number of hydrogen-bond donors (Lipinski definition) is 1. The molecule has 9 heteroatoms. The molecule has 0 radical (unpaired) electrons. The van der Waals surface area contributed by atoms with E-state index >= 15 is 0 Å². The van der Waals surface area contributed by atoms with Crippen molar-refractivity contribution in [1.82, 2.24) is 14.5 Å². The molecule has 0 unspecified atom stereocenters. The molecule has 2 heterocycles. The number of benzene rings is 2. The van der Waals surface area contributed by atoms with Crippen LogP contribution in [0.5, 0.6) is 5.75 Å². The smallest absolute Gasteiger partial charge is 0.246 e. The fourth-order valence-electron chi connectivity index (χ4n) is 4.75. The van der Waals surface area contributed by atoms with E-state index in [0.717, 1.165) is 24.2 Å². The lowest BCUT2D eigenvalue weighted by Gasteiger charge is -2.51. The minimum absolute atomic E-state index is 0.106. The monoisotopic (exact) mass is 522 g/mol. The van der Waals surface area contributed by atoms with Crippen LogP contribution in [-0.2, 0) is 32.8 Å². The first kappa shape index (κ1) is 27.3. The summed E-state index contributed by atoms with van der Waals surface area (Å²) in [5.74, 6) is -0.113. The maximum absolute atomic E-state index is 14.8. The third-order valence-electron chi connectivity index (χ3n) is 6.96. The quantitative estimate of drug-likeness (QED) is 0.345. The second-order valence-corrected chi connectivity index (χ2v) is 9.72. The Balaban J connectivity index is 1.57. The van der Waals surface area contributed by atoms with Gasteiger partial charge in [0.15, 0.2) is 0 Å². The number of carbonyl (C=O) groups is 2. The molecule has 0 aliphatic carbocycles. The molecule has 0 saturated carbocycles. The topological polar surface area (TPSA) is 99.7 Å². The van der Waals surface area contributed by atoms with Gasteiger partial charge in [0.25, 0.3) is 0 Å². The molecule has 8 nitrogen and oxygen atoms in total. The fourth-order valence-corrected chi connectivity index (χ4v) is 4.75. The van der Waals surface area contributed by atoms with Crippen molar-refractivity contribution in [3.8, 4) is 5.75 Å². The van der Waals surface area contributed by atoms with E-state index in [9.17, 15) is 14.0 Å². The van der Waals surface area contributed by atoms with Crippen LogP contribution in [0.1, 0.15) is 49.0 Å². The number of halogens is 1. The minimum atomic E-state index is -0.873. The maximum Gasteiger partial charge on any atom is 0.246 e. The molecule has 0 bridgehead atoms. The Hall–Kier alpha value is -3.72. The van der Waals surface area contributed by atoms with Gasteiger partial charge in [-0.3, -0.25) is 9.59 Å². The molecule has 1 aromatic heterocycles. The molecule has 1 aliphatic heterocycles. The number of primary amides is 1. The van der Waals surface area contributed by atoms with E-state index in [0.29, 0.717) is 30.7 Å². The first-order valence-electron chi connectivity index (χ1n) is 13.0. The van der Waals surface area contributed by atoms with Gasteiger partial charge in [-0.2, -0.15) is 0 Å². The Bertz CT molecular complexity index is 1240. The van der Waals surface area contributed by atoms with Crippen LogP contribution < -0.4 is 10.5 Å². The Morgan fingerprint density at radius 2 is 1.89 bits per heavy atom. The van der Waals surface area contributed by atoms with E-state index in [1.165, 1.54) is 6.07 Å². The van der Waals surface area contributed by atoms with Crippen LogP contribution in [0.2, 0.25) is 0 Å². The number of aryl methyl sites for hydroxylation is 1. The van der Waals surface area contributed by atoms with Crippen molar-refractivity contribution < 1.29 is 23.5 Å². The summed E-state index contributed by atoms with van der Waals surface area (Å²) in [5, 5.41) is 0. The number of imidazole rings is 1. The van der Waals surface area contributed by atoms with Gasteiger partial charge in [0.1, 0.15) is 23.2 Å². The first-order valence-corrected chi connectivity index (χ1v) is 13.0. The first-order chi connectivity index (χ1) is 18.3. The molecular weight excluding hydrogens is 487 g/mol. The normalized spacial score (nSPS) is 15.1. The number of nitrogens with zero attached hydrogens (tertiary/aromatic N) is 3. The minimum Gasteiger partial charge on any atom is -0.497 e. The van der Waals surface area contributed by atoms with Crippen LogP contribution >= 0.6 is 0 Å². The molecule has 1 atom stereocenters. The zero-order chi connectivity index (χ0) is 27.1. The lowest BCUT2D eigenvalue weighted by Crippen LogP contribution is -2.64. The predicted molar refractivity (Wildman–Crippen MR) is 141 cm³/mol. The zero-order valence-electron chi connectivity index (χ0n) is 21.9. The highest BCUT2D eigenvalue weighted by Gasteiger charge is 2.50. The van der Waals surface area contributed by atoms with Crippen LogP contribution in [0, 0.1) is 5.82 Å². The van der Waals surface area contributed by atoms with Gasteiger partial charge in [0, 0.05) is 31.2 Å². The van der Waals surface area contributed by atoms with Gasteiger partial charge >= 0.3 is 0 Å². The highest BCUT2D eigenvalue weighted by atomic mass is 19.1. The Labute approximate surface area is 222 Å². The van der Waals surface area contributed by atoms with E-state index < -0.39 is 17.6 Å². The van der Waals surface area contributed by atoms with Crippen molar-refractivity contribution >= 4 is 11.8 Å². The number of amides is 2. The van der Waals surface area contributed by atoms with Crippen LogP contribution in [0.15, 0.2) is 61.1 Å². The summed E-state index contributed by atoms with van der Waals surface area (Å²) in [6.45, 7) is 3.09. The number of aromatic nitrogens is 2. The molecule has 2 N–H and O–H groups in total. The highest BCUT2D eigenvalue weighted by molar-refractivity contribution is 5.82. The summed E-state index contributed by atoms with van der Waals surface area (Å²) in [7, 11) is 1.61. The number of nitrogens with two attached hydrogens (primary N) is 1. The number of likely N-dealkylation sites (tertiary alicyclic amines) is 1. The summed E-state index contributed by atoms with van der Waals surface area (Å²) in [6.07, 6.45) is 6.22. The molecule has 38 heavy (non-hydrogen) atoms. The van der Waals surface area contributed by atoms with Crippen molar-refractivity contribution in [3.05, 3.63) is 83.7 Å². The highest BCUT2D eigenvalue weighted by Crippen LogP contribution is 2.39. The molecule has 2 amide bonds. The molecule has 202 valence electrons. The van der Waals surface area contributed by atoms with E-state index in [1.807, 2.05) is 24.3 Å². The van der Waals surface area contributed by atoms with E-state index in [4.69, 9.17) is 15.2 Å². The van der Waals surface area contributed by atoms with Crippen molar-refractivity contribution in [2.75, 3.05) is 26.8 Å². The molecule has 4 rings (SSSR count). The van der Waals surface area contributed by atoms with Crippen molar-refractivity contribution in [2.24, 2.45) is 5.73 Å². The number of methoxy groups -OCH3 is 1. The van der Waals surface area contributed by atoms with Crippen LogP contribution in [-0.4, -0.2) is 53.1 Å². The Kier molecular flexibility index (Phi) is 8.78. The van der Waals surface area contributed by atoms with Gasteiger partial charge in [-0.15, -0.1) is 0 Å². The van der Waals surface area contributed by atoms with E-state index in [2.05, 4.69) is 11.9 Å². The molecule has 1 aliphatic rings. The number of unbranched alkanes of at least 4 members (excludes halogenated alkanes) is 1. The molecule has 2 aromatic carbocycles. The molecule has 0 spiro atoms. The van der Waals surface area contributed by atoms with Gasteiger partial charge in [-0.25, -0.2) is 9.37 Å². The lowest BCUT2D eigenvalue weighted by atomic mass is 9.84. The van der Waals surface area contributed by atoms with Crippen LogP contribution in [0.25, 0.3) is 0 Å². The van der Waals surface area contributed by atoms with Crippen LogP contribution in [0.4, 0.5) is 4.39 Å². The molecule has 3 aromatic rings. The Morgan fingerprint density at radius 1 is 1.16 bits per heavy atom. The summed E-state index contributed by atoms with van der Waals surface area (Å²) < 4.78 is 28.1. The van der Waals surface area contributed by atoms with Gasteiger partial charge in [0.2, 0.25) is 11.8 Å². The van der Waals surface area contributed by atoms with Gasteiger partial charge in [-0.1, -0.05) is 43.7 Å². The zero-order valence-corrected chi connectivity index (χ0v) is 21.9. The second kappa shape index (κ2) is 12.2. The SMILES string of the molecule is CCCCOC1(c2ccccc2F)CN(C(=O)[C@@H](Cc2ccc(OC)cc2)n2cnc(CCC(N)=O)c2)C1. The summed E-state index contributed by atoms with van der Waals surface area (Å²) in [5.41, 5.74) is 6.53. The van der Waals surface area contributed by atoms with Gasteiger partial charge in [0.05, 0.1) is 32.2 Å². The van der Waals surface area contributed by atoms with Gasteiger partial charge < -0.3 is 24.7 Å². The van der Waals surface area contributed by atoms with E-state index in [1.54, 1.807) is 47.3 Å². The average Bonchev–Trinajstić information content (AvgIpc) is 3.37. The second-order valence-electron chi connectivity index (χ2n) is 9.72. The maximum atomic E-state index is 14.8. The van der Waals surface area contributed by atoms with E-state index in [-0.39, 0.29) is 31.2 Å². The van der Waals surface area contributed by atoms with Crippen molar-refractivity contribution in [1.29, 1.82) is 0 Å². The summed E-state index contributed by atoms with van der Waals surface area (Å²) in [6, 6.07) is 13.6. The lowest BCUT2D eigenvalue weighted by molar-refractivity contribution is -0.176. The third kappa shape index (κ3) is 6.22. The number of rotatable bonds is 13. The van der Waals surface area contributed by atoms with Crippen molar-refractivity contribution in [3.63, 3.8) is 0 Å². The largest absolute Gasteiger partial charge is 0.497 e. The summed E-state index contributed by atoms with van der Waals surface area (Å²) >= 11 is 0. The van der Waals surface area contributed by atoms with Crippen molar-refractivity contribution in [2.45, 2.75) is 50.7 Å². The van der Waals surface area contributed by atoms with Crippen LogP contribution in [0.3, 0.4) is 0 Å².